The molecule has 0 spiro atoms. The van der Waals surface area contributed by atoms with E-state index in [9.17, 15) is 9.59 Å². The molecular weight excluding hydrogens is 330 g/mol. The van der Waals surface area contributed by atoms with Crippen molar-refractivity contribution in [2.45, 2.75) is 32.8 Å². The lowest BCUT2D eigenvalue weighted by molar-refractivity contribution is -0.142. The predicted octanol–water partition coefficient (Wildman–Crippen LogP) is 2.00. The first-order chi connectivity index (χ1) is 12.6. The summed E-state index contributed by atoms with van der Waals surface area (Å²) >= 11 is 0. The zero-order valence-electron chi connectivity index (χ0n) is 15.8. The smallest absolute Gasteiger partial charge is 0.253 e. The lowest BCUT2D eigenvalue weighted by Crippen LogP contribution is -2.52. The van der Waals surface area contributed by atoms with E-state index >= 15 is 0 Å². The van der Waals surface area contributed by atoms with Gasteiger partial charge in [-0.3, -0.25) is 9.59 Å². The number of benzene rings is 1. The minimum atomic E-state index is -0.273. The Labute approximate surface area is 155 Å². The number of anilines is 1. The van der Waals surface area contributed by atoms with Crippen LogP contribution in [-0.2, 0) is 9.53 Å². The molecule has 3 rings (SSSR count). The largest absolute Gasteiger partial charge is 0.372 e. The van der Waals surface area contributed by atoms with Gasteiger partial charge in [0.25, 0.3) is 11.8 Å². The molecule has 0 radical (unpaired) electrons. The fourth-order valence-electron chi connectivity index (χ4n) is 3.69. The maximum atomic E-state index is 12.7. The summed E-state index contributed by atoms with van der Waals surface area (Å²) in [6.07, 6.45) is 1.50. The number of carbonyl (C=O) groups excluding carboxylic acids is 2. The Kier molecular flexibility index (Phi) is 6.14. The van der Waals surface area contributed by atoms with Crippen LogP contribution in [0.25, 0.3) is 0 Å². The summed E-state index contributed by atoms with van der Waals surface area (Å²) in [6, 6.07) is 7.83. The molecule has 1 aromatic carbocycles. The monoisotopic (exact) mass is 359 g/mol. The van der Waals surface area contributed by atoms with Gasteiger partial charge in [-0.15, -0.1) is 0 Å². The van der Waals surface area contributed by atoms with Crippen molar-refractivity contribution in [2.75, 3.05) is 50.8 Å². The molecule has 0 bridgehead atoms. The average Bonchev–Trinajstić information content (AvgIpc) is 3.23. The van der Waals surface area contributed by atoms with Crippen molar-refractivity contribution in [1.29, 1.82) is 0 Å². The lowest BCUT2D eigenvalue weighted by Gasteiger charge is -2.35. The van der Waals surface area contributed by atoms with E-state index < -0.39 is 0 Å². The van der Waals surface area contributed by atoms with Gasteiger partial charge >= 0.3 is 0 Å². The molecule has 1 atom stereocenters. The van der Waals surface area contributed by atoms with Crippen LogP contribution in [0.15, 0.2) is 24.3 Å². The zero-order chi connectivity index (χ0) is 18.5. The number of hydrogen-bond acceptors (Lipinski definition) is 4. The maximum absolute atomic E-state index is 12.7. The van der Waals surface area contributed by atoms with Gasteiger partial charge in [-0.2, -0.15) is 0 Å². The lowest BCUT2D eigenvalue weighted by atomic mass is 10.1. The fourth-order valence-corrected chi connectivity index (χ4v) is 3.69. The molecule has 6 heteroatoms. The minimum Gasteiger partial charge on any atom is -0.372 e. The van der Waals surface area contributed by atoms with E-state index in [2.05, 4.69) is 18.7 Å². The molecule has 2 saturated heterocycles. The van der Waals surface area contributed by atoms with Gasteiger partial charge in [0.05, 0.1) is 0 Å². The van der Waals surface area contributed by atoms with Gasteiger partial charge in [0.15, 0.2) is 0 Å². The summed E-state index contributed by atoms with van der Waals surface area (Å²) < 4.78 is 5.48. The number of carbonyl (C=O) groups is 2. The van der Waals surface area contributed by atoms with Gasteiger partial charge in [-0.1, -0.05) is 0 Å². The second kappa shape index (κ2) is 8.54. The first-order valence-corrected chi connectivity index (χ1v) is 9.68. The molecule has 142 valence electrons. The first kappa shape index (κ1) is 18.7. The SMILES string of the molecule is CCN(CC)c1ccc(C(=O)N2CCN(C(=O)C3CCCO3)CC2)cc1. The van der Waals surface area contributed by atoms with E-state index in [0.717, 1.165) is 31.6 Å². The molecule has 0 aliphatic carbocycles. The summed E-state index contributed by atoms with van der Waals surface area (Å²) in [5, 5.41) is 0. The third-order valence-electron chi connectivity index (χ3n) is 5.33. The molecule has 1 unspecified atom stereocenters. The van der Waals surface area contributed by atoms with Gasteiger partial charge in [0.2, 0.25) is 0 Å². The summed E-state index contributed by atoms with van der Waals surface area (Å²) in [7, 11) is 0. The van der Waals surface area contributed by atoms with Crippen LogP contribution in [0.1, 0.15) is 37.0 Å². The Morgan fingerprint density at radius 3 is 2.19 bits per heavy atom. The number of piperazine rings is 1. The van der Waals surface area contributed by atoms with Gasteiger partial charge < -0.3 is 19.4 Å². The number of nitrogens with zero attached hydrogens (tertiary/aromatic N) is 3. The van der Waals surface area contributed by atoms with Crippen molar-refractivity contribution in [2.24, 2.45) is 0 Å². The van der Waals surface area contributed by atoms with E-state index in [0.29, 0.717) is 38.3 Å². The highest BCUT2D eigenvalue weighted by atomic mass is 16.5. The third kappa shape index (κ3) is 4.01. The van der Waals surface area contributed by atoms with Crippen LogP contribution in [0.5, 0.6) is 0 Å². The third-order valence-corrected chi connectivity index (χ3v) is 5.33. The summed E-state index contributed by atoms with van der Waals surface area (Å²) in [5.41, 5.74) is 1.85. The van der Waals surface area contributed by atoms with E-state index in [1.54, 1.807) is 0 Å². The van der Waals surface area contributed by atoms with Gasteiger partial charge in [-0.25, -0.2) is 0 Å². The number of rotatable bonds is 5. The van der Waals surface area contributed by atoms with Crippen molar-refractivity contribution in [1.82, 2.24) is 9.80 Å². The predicted molar refractivity (Wildman–Crippen MR) is 101 cm³/mol. The molecule has 2 amide bonds. The summed E-state index contributed by atoms with van der Waals surface area (Å²) in [6.45, 7) is 9.15. The summed E-state index contributed by atoms with van der Waals surface area (Å²) in [5.74, 6) is 0.124. The number of hydrogen-bond donors (Lipinski definition) is 0. The van der Waals surface area contributed by atoms with Gasteiger partial charge in [-0.05, 0) is 51.0 Å². The Hall–Kier alpha value is -2.08. The topological polar surface area (TPSA) is 53.1 Å². The molecule has 1 aromatic rings. The van der Waals surface area contributed by atoms with Gasteiger partial charge in [0.1, 0.15) is 6.10 Å². The Bertz CT molecular complexity index is 614. The van der Waals surface area contributed by atoms with Crippen LogP contribution in [0, 0.1) is 0 Å². The van der Waals surface area contributed by atoms with Crippen LogP contribution in [-0.4, -0.2) is 73.6 Å². The van der Waals surface area contributed by atoms with Crippen LogP contribution in [0.2, 0.25) is 0 Å². The average molecular weight is 359 g/mol. The maximum Gasteiger partial charge on any atom is 0.253 e. The molecule has 2 aliphatic heterocycles. The van der Waals surface area contributed by atoms with Crippen molar-refractivity contribution >= 4 is 17.5 Å². The second-order valence-electron chi connectivity index (χ2n) is 6.84. The molecule has 6 nitrogen and oxygen atoms in total. The summed E-state index contributed by atoms with van der Waals surface area (Å²) in [4.78, 5) is 31.1. The van der Waals surface area contributed by atoms with Gasteiger partial charge in [0, 0.05) is 57.1 Å². The van der Waals surface area contributed by atoms with Crippen LogP contribution >= 0.6 is 0 Å². The molecule has 2 aliphatic rings. The molecule has 0 N–H and O–H groups in total. The second-order valence-corrected chi connectivity index (χ2v) is 6.84. The fraction of sp³-hybridized carbons (Fsp3) is 0.600. The Morgan fingerprint density at radius 2 is 1.65 bits per heavy atom. The van der Waals surface area contributed by atoms with E-state index in [4.69, 9.17) is 4.74 Å². The number of amides is 2. The van der Waals surface area contributed by atoms with E-state index in [-0.39, 0.29) is 17.9 Å². The van der Waals surface area contributed by atoms with Crippen molar-refractivity contribution in [3.63, 3.8) is 0 Å². The van der Waals surface area contributed by atoms with Crippen molar-refractivity contribution in [3.05, 3.63) is 29.8 Å². The van der Waals surface area contributed by atoms with E-state index in [1.807, 2.05) is 34.1 Å². The highest BCUT2D eigenvalue weighted by Gasteiger charge is 2.31. The van der Waals surface area contributed by atoms with E-state index in [1.165, 1.54) is 0 Å². The molecule has 0 saturated carbocycles. The zero-order valence-corrected chi connectivity index (χ0v) is 15.8. The highest BCUT2D eigenvalue weighted by Crippen LogP contribution is 2.18. The minimum absolute atomic E-state index is 0.0420. The number of ether oxygens (including phenoxy) is 1. The van der Waals surface area contributed by atoms with Crippen LogP contribution < -0.4 is 4.90 Å². The molecule has 2 fully saturated rings. The standard InChI is InChI=1S/C20H29N3O3/c1-3-21(4-2)17-9-7-16(8-10-17)19(24)22-11-13-23(14-12-22)20(25)18-6-5-15-26-18/h7-10,18H,3-6,11-15H2,1-2H3. The molecule has 2 heterocycles. The molecule has 0 aromatic heterocycles. The molecular formula is C20H29N3O3. The van der Waals surface area contributed by atoms with Crippen LogP contribution in [0.3, 0.4) is 0 Å². The van der Waals surface area contributed by atoms with Crippen molar-refractivity contribution in [3.8, 4) is 0 Å². The molecule has 26 heavy (non-hydrogen) atoms. The highest BCUT2D eigenvalue weighted by molar-refractivity contribution is 5.94. The quantitative estimate of drug-likeness (QED) is 0.807. The first-order valence-electron chi connectivity index (χ1n) is 9.68. The Balaban J connectivity index is 1.55. The van der Waals surface area contributed by atoms with Crippen LogP contribution in [0.4, 0.5) is 5.69 Å². The Morgan fingerprint density at radius 1 is 1.04 bits per heavy atom. The van der Waals surface area contributed by atoms with Crippen molar-refractivity contribution < 1.29 is 14.3 Å². The normalized spacial score (nSPS) is 20.3.